The molecule has 0 unspecified atom stereocenters. The Balaban J connectivity index is 1.43. The van der Waals surface area contributed by atoms with Crippen molar-refractivity contribution in [2.75, 3.05) is 13.2 Å². The van der Waals surface area contributed by atoms with Crippen LogP contribution in [0.2, 0.25) is 5.02 Å². The van der Waals surface area contributed by atoms with Gasteiger partial charge < -0.3 is 25.6 Å². The number of halogens is 2. The summed E-state index contributed by atoms with van der Waals surface area (Å²) in [6.45, 7) is 9.24. The van der Waals surface area contributed by atoms with Gasteiger partial charge in [-0.15, -0.1) is 0 Å². The summed E-state index contributed by atoms with van der Waals surface area (Å²) in [7, 11) is 0. The highest BCUT2D eigenvalue weighted by atomic mass is 35.5. The maximum atomic E-state index is 15.0. The van der Waals surface area contributed by atoms with Crippen molar-refractivity contribution >= 4 is 46.7 Å². The summed E-state index contributed by atoms with van der Waals surface area (Å²) in [5.74, 6) is -3.30. The second-order valence-corrected chi connectivity index (χ2v) is 16.2. The van der Waals surface area contributed by atoms with E-state index in [-0.39, 0.29) is 54.6 Å². The highest BCUT2D eigenvalue weighted by molar-refractivity contribution is 6.38. The summed E-state index contributed by atoms with van der Waals surface area (Å²) in [5.41, 5.74) is 1.61. The number of ether oxygens (including phenoxy) is 1. The Kier molecular flexibility index (Phi) is 12.6. The van der Waals surface area contributed by atoms with Crippen molar-refractivity contribution < 1.29 is 37.9 Å². The monoisotopic (exact) mass is 745 g/mol. The highest BCUT2D eigenvalue weighted by Crippen LogP contribution is 2.40. The van der Waals surface area contributed by atoms with Crippen LogP contribution in [0, 0.1) is 17.2 Å². The summed E-state index contributed by atoms with van der Waals surface area (Å²) < 4.78 is 20.3. The van der Waals surface area contributed by atoms with Gasteiger partial charge in [-0.05, 0) is 68.6 Å². The third-order valence-corrected chi connectivity index (χ3v) is 10.6. The van der Waals surface area contributed by atoms with Crippen LogP contribution in [0.5, 0.6) is 5.75 Å². The van der Waals surface area contributed by atoms with E-state index in [1.807, 2.05) is 27.7 Å². The Labute approximate surface area is 310 Å². The zero-order valence-electron chi connectivity index (χ0n) is 30.9. The fourth-order valence-electron chi connectivity index (χ4n) is 7.32. The van der Waals surface area contributed by atoms with Gasteiger partial charge in [0, 0.05) is 24.4 Å². The van der Waals surface area contributed by atoms with Crippen LogP contribution in [0.25, 0.3) is 5.70 Å². The molecular weight excluding hydrogens is 693 g/mol. The summed E-state index contributed by atoms with van der Waals surface area (Å²) >= 11 is 6.35. The second kappa shape index (κ2) is 16.5. The van der Waals surface area contributed by atoms with Crippen molar-refractivity contribution in [1.82, 2.24) is 26.3 Å². The highest BCUT2D eigenvalue weighted by Gasteiger charge is 2.54. The molecule has 4 aliphatic rings. The van der Waals surface area contributed by atoms with Crippen LogP contribution in [0.1, 0.15) is 111 Å². The lowest BCUT2D eigenvalue weighted by molar-refractivity contribution is -0.145. The molecule has 2 aliphatic carbocycles. The molecule has 14 heteroatoms. The van der Waals surface area contributed by atoms with Gasteiger partial charge in [0.05, 0.1) is 29.9 Å². The number of hydrogen-bond donors (Lipinski definition) is 4. The predicted molar refractivity (Wildman–Crippen MR) is 193 cm³/mol. The normalized spacial score (nSPS) is 23.0. The summed E-state index contributed by atoms with van der Waals surface area (Å²) in [6, 6.07) is -0.463. The van der Waals surface area contributed by atoms with E-state index in [0.717, 1.165) is 44.9 Å². The molecule has 0 radical (unpaired) electrons. The standard InChI is InChI=1S/C38H53ClFN5O7/c1-6-11-27(31(47)35(49)41-24-14-15-24)42-34(48)29-20-38(19-28(44-52-38)23-17-25(39)32(51-7-2)26(40)18-23)21-45(29)36(50)33(37(3,4)5)43-30(46)16-22-12-9-8-10-13-22/h17-19,22,24,27,29,33,44H,6-16,20-21H2,1-5H3,(H,41,49)(H,42,48)(H,43,46)/t27-,29-,33+,38+/m0/s1. The molecule has 1 aromatic carbocycles. The average Bonchev–Trinajstić information content (AvgIpc) is 3.68. The maximum Gasteiger partial charge on any atom is 0.289 e. The Morgan fingerprint density at radius 1 is 1.08 bits per heavy atom. The van der Waals surface area contributed by atoms with Crippen molar-refractivity contribution in [3.05, 3.63) is 34.6 Å². The van der Waals surface area contributed by atoms with E-state index in [9.17, 15) is 28.4 Å². The van der Waals surface area contributed by atoms with Crippen molar-refractivity contribution in [2.24, 2.45) is 11.3 Å². The Morgan fingerprint density at radius 3 is 2.40 bits per heavy atom. The number of benzene rings is 1. The molecule has 4 N–H and O–H groups in total. The van der Waals surface area contributed by atoms with Crippen LogP contribution < -0.4 is 26.2 Å². The second-order valence-electron chi connectivity index (χ2n) is 15.8. The van der Waals surface area contributed by atoms with Crippen LogP contribution in [0.3, 0.4) is 0 Å². The molecule has 12 nitrogen and oxygen atoms in total. The largest absolute Gasteiger partial charge is 0.489 e. The minimum absolute atomic E-state index is 0.0253. The van der Waals surface area contributed by atoms with Crippen LogP contribution >= 0.6 is 11.6 Å². The number of rotatable bonds is 14. The lowest BCUT2D eigenvalue weighted by Crippen LogP contribution is -2.59. The van der Waals surface area contributed by atoms with Gasteiger partial charge >= 0.3 is 0 Å². The van der Waals surface area contributed by atoms with Gasteiger partial charge in [-0.2, -0.15) is 0 Å². The van der Waals surface area contributed by atoms with Crippen molar-refractivity contribution in [1.29, 1.82) is 0 Å². The number of nitrogens with one attached hydrogen (secondary N) is 4. The molecule has 5 rings (SSSR count). The SMILES string of the molecule is CCC[C@H](NC(=O)[C@@H]1C[C@]2(C=C(c3cc(F)c(OCC)c(Cl)c3)NO2)CN1C(=O)[C@@H](NC(=O)CC1CCCCC1)C(C)(C)C)C(=O)C(=O)NC1CC1. The van der Waals surface area contributed by atoms with Gasteiger partial charge in [0.25, 0.3) is 5.91 Å². The fourth-order valence-corrected chi connectivity index (χ4v) is 7.58. The number of carbonyl (C=O) groups excluding carboxylic acids is 5. The van der Waals surface area contributed by atoms with E-state index in [4.69, 9.17) is 21.2 Å². The third kappa shape index (κ3) is 9.44. The molecule has 286 valence electrons. The number of Topliss-reactive ketones (excluding diaryl/α,β-unsaturated/α-hetero) is 1. The number of nitrogens with zero attached hydrogens (tertiary/aromatic N) is 1. The first-order valence-electron chi connectivity index (χ1n) is 18.7. The van der Waals surface area contributed by atoms with Crippen LogP contribution in [-0.2, 0) is 28.8 Å². The first-order valence-corrected chi connectivity index (χ1v) is 19.1. The molecule has 0 bridgehead atoms. The molecule has 2 heterocycles. The van der Waals surface area contributed by atoms with Gasteiger partial charge in [-0.1, -0.05) is 65.0 Å². The van der Waals surface area contributed by atoms with Gasteiger partial charge in [0.2, 0.25) is 23.5 Å². The van der Waals surface area contributed by atoms with E-state index in [2.05, 4.69) is 21.4 Å². The average molecular weight is 746 g/mol. The first kappa shape index (κ1) is 39.5. The van der Waals surface area contributed by atoms with Crippen LogP contribution in [-0.4, -0.2) is 77.2 Å². The van der Waals surface area contributed by atoms with Crippen LogP contribution in [0.4, 0.5) is 4.39 Å². The summed E-state index contributed by atoms with van der Waals surface area (Å²) in [6.07, 6.45) is 9.58. The number of carbonyl (C=O) groups is 5. The molecule has 4 amide bonds. The van der Waals surface area contributed by atoms with E-state index in [1.165, 1.54) is 17.0 Å². The Bertz CT molecular complexity index is 1550. The molecular formula is C38H53ClFN5O7. The Hall–Kier alpha value is -3.71. The zero-order chi connectivity index (χ0) is 37.8. The molecule has 1 aromatic rings. The molecule has 0 aromatic heterocycles. The molecule has 3 fully saturated rings. The summed E-state index contributed by atoms with van der Waals surface area (Å²) in [5, 5.41) is 8.52. The lowest BCUT2D eigenvalue weighted by Gasteiger charge is -2.36. The minimum atomic E-state index is -1.24. The van der Waals surface area contributed by atoms with Gasteiger partial charge in [0.1, 0.15) is 17.7 Å². The molecule has 2 saturated carbocycles. The van der Waals surface area contributed by atoms with Crippen LogP contribution in [0.15, 0.2) is 18.2 Å². The van der Waals surface area contributed by atoms with Gasteiger partial charge in [-0.3, -0.25) is 34.3 Å². The number of hydroxylamine groups is 1. The first-order chi connectivity index (χ1) is 24.6. The molecule has 52 heavy (non-hydrogen) atoms. The molecule has 4 atom stereocenters. The van der Waals surface area contributed by atoms with E-state index in [1.54, 1.807) is 13.0 Å². The molecule has 1 saturated heterocycles. The van der Waals surface area contributed by atoms with Crippen molar-refractivity contribution in [3.8, 4) is 5.75 Å². The fraction of sp³-hybridized carbons (Fsp3) is 0.658. The van der Waals surface area contributed by atoms with E-state index >= 15 is 0 Å². The third-order valence-electron chi connectivity index (χ3n) is 10.3. The minimum Gasteiger partial charge on any atom is -0.489 e. The molecule has 2 aliphatic heterocycles. The smallest absolute Gasteiger partial charge is 0.289 e. The maximum absolute atomic E-state index is 15.0. The van der Waals surface area contributed by atoms with Gasteiger partial charge in [-0.25, -0.2) is 4.39 Å². The Morgan fingerprint density at radius 2 is 1.79 bits per heavy atom. The number of amides is 4. The van der Waals surface area contributed by atoms with Gasteiger partial charge in [0.15, 0.2) is 11.6 Å². The van der Waals surface area contributed by atoms with Crippen molar-refractivity contribution in [3.63, 3.8) is 0 Å². The quantitative estimate of drug-likeness (QED) is 0.200. The van der Waals surface area contributed by atoms with Crippen molar-refractivity contribution in [2.45, 2.75) is 135 Å². The number of hydrogen-bond acceptors (Lipinski definition) is 8. The summed E-state index contributed by atoms with van der Waals surface area (Å²) in [4.78, 5) is 75.6. The van der Waals surface area contributed by atoms with E-state index in [0.29, 0.717) is 24.1 Å². The molecule has 1 spiro atoms. The van der Waals surface area contributed by atoms with E-state index < -0.39 is 58.5 Å². The zero-order valence-corrected chi connectivity index (χ0v) is 31.6. The topological polar surface area (TPSA) is 155 Å². The number of ketones is 1. The lowest BCUT2D eigenvalue weighted by atomic mass is 9.84. The predicted octanol–water partition coefficient (Wildman–Crippen LogP) is 4.73. The number of likely N-dealkylation sites (tertiary alicyclic amines) is 1.